The predicted molar refractivity (Wildman–Crippen MR) is 105 cm³/mol. The summed E-state index contributed by atoms with van der Waals surface area (Å²) in [7, 11) is 0. The molecule has 2 heterocycles. The first-order valence-corrected chi connectivity index (χ1v) is 9.59. The summed E-state index contributed by atoms with van der Waals surface area (Å²) in [4.78, 5) is 16.2. The van der Waals surface area contributed by atoms with Gasteiger partial charge in [-0.15, -0.1) is 0 Å². The molecule has 3 aromatic rings. The van der Waals surface area contributed by atoms with Crippen LogP contribution < -0.4 is 5.32 Å². The number of carbonyl (C=O) groups is 1. The molecule has 1 aliphatic heterocycles. The van der Waals surface area contributed by atoms with Crippen LogP contribution in [0.1, 0.15) is 18.4 Å². The second-order valence-corrected chi connectivity index (χ2v) is 7.25. The summed E-state index contributed by atoms with van der Waals surface area (Å²) in [6, 6.07) is 18.2. The number of fused-ring (bicyclic) bond motifs is 1. The Balaban J connectivity index is 1.25. The topological polar surface area (TPSA) is 63.1 Å². The van der Waals surface area contributed by atoms with Crippen LogP contribution in [0.3, 0.4) is 0 Å². The van der Waals surface area contributed by atoms with Crippen molar-refractivity contribution in [3.63, 3.8) is 0 Å². The zero-order chi connectivity index (χ0) is 18.5. The fraction of sp³-hybridized carbons (Fsp3) is 0.381. The molecule has 0 unspecified atom stereocenters. The van der Waals surface area contributed by atoms with Crippen LogP contribution in [0.2, 0.25) is 0 Å². The summed E-state index contributed by atoms with van der Waals surface area (Å²) in [6.07, 6.45) is 2.34. The van der Waals surface area contributed by atoms with E-state index in [1.165, 1.54) is 16.8 Å². The number of rotatable bonds is 6. The van der Waals surface area contributed by atoms with Crippen LogP contribution in [0.25, 0.3) is 11.0 Å². The number of hydrogen-bond donors (Lipinski definition) is 1. The summed E-state index contributed by atoms with van der Waals surface area (Å²) in [6.45, 7) is 4.01. The molecule has 0 aliphatic carbocycles. The number of piperidine rings is 1. The quantitative estimate of drug-likeness (QED) is 0.731. The van der Waals surface area contributed by atoms with Gasteiger partial charge in [0.15, 0.2) is 0 Å². The van der Waals surface area contributed by atoms with Gasteiger partial charge in [-0.25, -0.2) is 0 Å². The third-order valence-electron chi connectivity index (χ3n) is 5.05. The smallest absolute Gasteiger partial charge is 0.243 e. The van der Waals surface area contributed by atoms with E-state index >= 15 is 0 Å². The zero-order valence-corrected chi connectivity index (χ0v) is 15.4. The molecule has 1 atom stereocenters. The van der Waals surface area contributed by atoms with Crippen LogP contribution in [-0.2, 0) is 17.9 Å². The van der Waals surface area contributed by atoms with Crippen LogP contribution >= 0.6 is 0 Å². The average Bonchev–Trinajstić information content (AvgIpc) is 3.10. The van der Waals surface area contributed by atoms with Crippen molar-refractivity contribution >= 4 is 16.9 Å². The molecule has 0 saturated carbocycles. The number of nitrogens with one attached hydrogen (secondary N) is 1. The summed E-state index contributed by atoms with van der Waals surface area (Å²) in [5, 5.41) is 11.7. The van der Waals surface area contributed by atoms with Crippen molar-refractivity contribution < 1.29 is 4.79 Å². The molecule has 1 saturated heterocycles. The Labute approximate surface area is 159 Å². The zero-order valence-electron chi connectivity index (χ0n) is 15.4. The predicted octanol–water partition coefficient (Wildman–Crippen LogP) is 2.46. The van der Waals surface area contributed by atoms with Crippen LogP contribution in [0.5, 0.6) is 0 Å². The Hall–Kier alpha value is -2.73. The lowest BCUT2D eigenvalue weighted by atomic mass is 9.97. The Morgan fingerprint density at radius 2 is 1.74 bits per heavy atom. The van der Waals surface area contributed by atoms with Crippen LogP contribution in [0, 0.1) is 5.92 Å². The Morgan fingerprint density at radius 3 is 2.48 bits per heavy atom. The van der Waals surface area contributed by atoms with E-state index in [2.05, 4.69) is 50.7 Å². The molecule has 2 aromatic carbocycles. The maximum Gasteiger partial charge on any atom is 0.243 e. The molecular formula is C21H25N5O. The van der Waals surface area contributed by atoms with Crippen molar-refractivity contribution in [1.29, 1.82) is 0 Å². The van der Waals surface area contributed by atoms with Crippen molar-refractivity contribution in [2.45, 2.75) is 25.9 Å². The monoisotopic (exact) mass is 363 g/mol. The van der Waals surface area contributed by atoms with E-state index in [1.807, 2.05) is 24.3 Å². The first-order chi connectivity index (χ1) is 13.3. The first kappa shape index (κ1) is 17.7. The molecule has 1 aromatic heterocycles. The van der Waals surface area contributed by atoms with Crippen molar-refractivity contribution in [1.82, 2.24) is 25.2 Å². The standard InChI is InChI=1S/C21H25N5O/c27-21(16-26-23-19-10-4-5-11-20(19)24-26)22-13-18-9-6-12-25(15-18)14-17-7-2-1-3-8-17/h1-5,7-8,10-11,18H,6,9,12-16H2,(H,22,27)/t18-/m1/s1. The first-order valence-electron chi connectivity index (χ1n) is 9.59. The van der Waals surface area contributed by atoms with Crippen LogP contribution in [0.4, 0.5) is 0 Å². The Kier molecular flexibility index (Phi) is 5.44. The number of carbonyl (C=O) groups excluding carboxylic acids is 1. The highest BCUT2D eigenvalue weighted by atomic mass is 16.2. The fourth-order valence-electron chi connectivity index (χ4n) is 3.72. The maximum atomic E-state index is 12.3. The number of aromatic nitrogens is 3. The Morgan fingerprint density at radius 1 is 1.04 bits per heavy atom. The number of amides is 1. The highest BCUT2D eigenvalue weighted by molar-refractivity contribution is 5.77. The molecule has 0 bridgehead atoms. The summed E-state index contributed by atoms with van der Waals surface area (Å²) < 4.78 is 0. The number of nitrogens with zero attached hydrogens (tertiary/aromatic N) is 4. The summed E-state index contributed by atoms with van der Waals surface area (Å²) in [5.41, 5.74) is 2.97. The van der Waals surface area contributed by atoms with Gasteiger partial charge in [0.1, 0.15) is 17.6 Å². The lowest BCUT2D eigenvalue weighted by Gasteiger charge is -2.32. The van der Waals surface area contributed by atoms with Crippen molar-refractivity contribution in [2.24, 2.45) is 5.92 Å². The van der Waals surface area contributed by atoms with Gasteiger partial charge in [-0.1, -0.05) is 42.5 Å². The molecule has 1 N–H and O–H groups in total. The van der Waals surface area contributed by atoms with E-state index in [4.69, 9.17) is 0 Å². The molecular weight excluding hydrogens is 338 g/mol. The normalized spacial score (nSPS) is 17.9. The maximum absolute atomic E-state index is 12.3. The molecule has 4 rings (SSSR count). The highest BCUT2D eigenvalue weighted by Gasteiger charge is 2.20. The third kappa shape index (κ3) is 4.71. The minimum Gasteiger partial charge on any atom is -0.354 e. The second-order valence-electron chi connectivity index (χ2n) is 7.25. The van der Waals surface area contributed by atoms with Gasteiger partial charge in [0.25, 0.3) is 0 Å². The van der Waals surface area contributed by atoms with Crippen LogP contribution in [-0.4, -0.2) is 45.4 Å². The number of likely N-dealkylation sites (tertiary alicyclic amines) is 1. The summed E-state index contributed by atoms with van der Waals surface area (Å²) in [5.74, 6) is 0.464. The van der Waals surface area contributed by atoms with Gasteiger partial charge in [-0.3, -0.25) is 9.69 Å². The van der Waals surface area contributed by atoms with Gasteiger partial charge < -0.3 is 5.32 Å². The van der Waals surface area contributed by atoms with E-state index in [0.29, 0.717) is 12.5 Å². The molecule has 6 heteroatoms. The van der Waals surface area contributed by atoms with Gasteiger partial charge >= 0.3 is 0 Å². The molecule has 27 heavy (non-hydrogen) atoms. The van der Waals surface area contributed by atoms with Gasteiger partial charge in [0, 0.05) is 19.6 Å². The fourth-order valence-corrected chi connectivity index (χ4v) is 3.72. The van der Waals surface area contributed by atoms with Gasteiger partial charge in [0.2, 0.25) is 5.91 Å². The molecule has 1 amide bonds. The molecule has 1 aliphatic rings. The van der Waals surface area contributed by atoms with Crippen molar-refractivity contribution in [2.75, 3.05) is 19.6 Å². The van der Waals surface area contributed by atoms with Crippen LogP contribution in [0.15, 0.2) is 54.6 Å². The van der Waals surface area contributed by atoms with Crippen molar-refractivity contribution in [3.05, 3.63) is 60.2 Å². The van der Waals surface area contributed by atoms with E-state index < -0.39 is 0 Å². The highest BCUT2D eigenvalue weighted by Crippen LogP contribution is 2.18. The molecule has 0 radical (unpaired) electrons. The van der Waals surface area contributed by atoms with Gasteiger partial charge in [-0.2, -0.15) is 15.0 Å². The minimum atomic E-state index is -0.0320. The van der Waals surface area contributed by atoms with Crippen molar-refractivity contribution in [3.8, 4) is 0 Å². The molecule has 0 spiro atoms. The van der Waals surface area contributed by atoms with Gasteiger partial charge in [-0.05, 0) is 43.0 Å². The van der Waals surface area contributed by atoms with E-state index in [1.54, 1.807) is 0 Å². The average molecular weight is 363 g/mol. The SMILES string of the molecule is O=C(Cn1nc2ccccc2n1)NC[C@H]1CCCN(Cc2ccccc2)C1. The van der Waals surface area contributed by atoms with E-state index in [0.717, 1.165) is 37.1 Å². The van der Waals surface area contributed by atoms with E-state index in [-0.39, 0.29) is 12.5 Å². The lowest BCUT2D eigenvalue weighted by molar-refractivity contribution is -0.122. The lowest BCUT2D eigenvalue weighted by Crippen LogP contribution is -2.41. The van der Waals surface area contributed by atoms with E-state index in [9.17, 15) is 4.79 Å². The van der Waals surface area contributed by atoms with Gasteiger partial charge in [0.05, 0.1) is 0 Å². The second kappa shape index (κ2) is 8.31. The number of benzene rings is 2. The number of hydrogen-bond acceptors (Lipinski definition) is 4. The third-order valence-corrected chi connectivity index (χ3v) is 5.05. The minimum absolute atomic E-state index is 0.0320. The molecule has 1 fully saturated rings. The Bertz CT molecular complexity index is 859. The summed E-state index contributed by atoms with van der Waals surface area (Å²) >= 11 is 0. The molecule has 6 nitrogen and oxygen atoms in total. The molecule has 140 valence electrons. The largest absolute Gasteiger partial charge is 0.354 e.